The summed E-state index contributed by atoms with van der Waals surface area (Å²) in [6.45, 7) is 2.96. The van der Waals surface area contributed by atoms with Crippen molar-refractivity contribution in [1.82, 2.24) is 10.2 Å². The Morgan fingerprint density at radius 3 is 2.30 bits per heavy atom. The van der Waals surface area contributed by atoms with Crippen molar-refractivity contribution in [1.29, 1.82) is 0 Å². The first-order valence-electron chi connectivity index (χ1n) is 9.16. The van der Waals surface area contributed by atoms with Gasteiger partial charge < -0.3 is 20.7 Å². The van der Waals surface area contributed by atoms with Gasteiger partial charge in [-0.1, -0.05) is 36.6 Å². The van der Waals surface area contributed by atoms with Gasteiger partial charge >= 0.3 is 12.0 Å². The minimum atomic E-state index is -0.866. The lowest BCUT2D eigenvalue weighted by atomic mass is 10.0. The first-order chi connectivity index (χ1) is 12.9. The number of ether oxygens (including phenoxy) is 1. The van der Waals surface area contributed by atoms with E-state index in [9.17, 15) is 14.4 Å². The zero-order valence-electron chi connectivity index (χ0n) is 15.4. The van der Waals surface area contributed by atoms with Crippen molar-refractivity contribution in [2.75, 3.05) is 13.1 Å². The molecular formula is C19H26ClN3O4. The van der Waals surface area contributed by atoms with E-state index in [1.807, 2.05) is 0 Å². The molecule has 2 rings (SSSR count). The first-order valence-corrected chi connectivity index (χ1v) is 9.54. The molecule has 1 aliphatic rings. The summed E-state index contributed by atoms with van der Waals surface area (Å²) in [7, 11) is 0. The molecule has 2 atom stereocenters. The molecule has 1 heterocycles. The number of hydrogen-bond acceptors (Lipinski definition) is 4. The molecule has 148 valence electrons. The quantitative estimate of drug-likeness (QED) is 0.723. The Morgan fingerprint density at radius 2 is 1.74 bits per heavy atom. The zero-order chi connectivity index (χ0) is 19.8. The van der Waals surface area contributed by atoms with E-state index in [0.717, 1.165) is 25.7 Å². The summed E-state index contributed by atoms with van der Waals surface area (Å²) in [5.74, 6) is -0.768. The van der Waals surface area contributed by atoms with Crippen LogP contribution in [0.25, 0.3) is 0 Å². The molecule has 3 amide bonds. The van der Waals surface area contributed by atoms with Crippen molar-refractivity contribution in [3.63, 3.8) is 0 Å². The molecule has 3 N–H and O–H groups in total. The fraction of sp³-hybridized carbons (Fsp3) is 0.526. The van der Waals surface area contributed by atoms with E-state index >= 15 is 0 Å². The second kappa shape index (κ2) is 10.2. The van der Waals surface area contributed by atoms with Gasteiger partial charge in [0, 0.05) is 18.1 Å². The van der Waals surface area contributed by atoms with E-state index in [4.69, 9.17) is 22.1 Å². The molecule has 1 aliphatic heterocycles. The molecule has 27 heavy (non-hydrogen) atoms. The van der Waals surface area contributed by atoms with Crippen molar-refractivity contribution >= 4 is 29.5 Å². The third-order valence-electron chi connectivity index (χ3n) is 4.53. The molecule has 0 bridgehead atoms. The van der Waals surface area contributed by atoms with Crippen LogP contribution in [0.2, 0.25) is 5.02 Å². The Kier molecular flexibility index (Phi) is 7.91. The molecule has 0 spiro atoms. The molecule has 0 aromatic heterocycles. The highest BCUT2D eigenvalue weighted by Crippen LogP contribution is 2.20. The summed E-state index contributed by atoms with van der Waals surface area (Å²) < 4.78 is 5.32. The van der Waals surface area contributed by atoms with E-state index in [1.165, 1.54) is 0 Å². The summed E-state index contributed by atoms with van der Waals surface area (Å²) in [6.07, 6.45) is 3.15. The minimum Gasteiger partial charge on any atom is -0.452 e. The maximum absolute atomic E-state index is 12.5. The Hall–Kier alpha value is -2.28. The number of amides is 3. The molecule has 7 nitrogen and oxygen atoms in total. The predicted molar refractivity (Wildman–Crippen MR) is 102 cm³/mol. The Bertz CT molecular complexity index is 657. The van der Waals surface area contributed by atoms with Crippen LogP contribution < -0.4 is 11.1 Å². The first kappa shape index (κ1) is 21.0. The lowest BCUT2D eigenvalue weighted by Gasteiger charge is -2.24. The number of rotatable bonds is 6. The molecule has 1 fully saturated rings. The van der Waals surface area contributed by atoms with Crippen LogP contribution in [0.5, 0.6) is 0 Å². The number of hydrogen-bond donors (Lipinski definition) is 2. The molecule has 8 heteroatoms. The Balaban J connectivity index is 1.96. The van der Waals surface area contributed by atoms with E-state index in [0.29, 0.717) is 23.7 Å². The van der Waals surface area contributed by atoms with Crippen LogP contribution in [-0.2, 0) is 14.3 Å². The van der Waals surface area contributed by atoms with Gasteiger partial charge in [-0.3, -0.25) is 9.59 Å². The highest BCUT2D eigenvalue weighted by molar-refractivity contribution is 6.30. The average Bonchev–Trinajstić information content (AvgIpc) is 2.90. The van der Waals surface area contributed by atoms with E-state index in [-0.39, 0.29) is 12.3 Å². The molecule has 1 aromatic rings. The lowest BCUT2D eigenvalue weighted by Crippen LogP contribution is -2.41. The van der Waals surface area contributed by atoms with Gasteiger partial charge in [0.15, 0.2) is 6.10 Å². The number of urea groups is 1. The van der Waals surface area contributed by atoms with Gasteiger partial charge in [-0.15, -0.1) is 0 Å². The van der Waals surface area contributed by atoms with E-state index in [2.05, 4.69) is 5.32 Å². The SMILES string of the molecule is C[C@H](OC(=O)C[C@@H](NC(N)=O)c1ccc(Cl)cc1)C(=O)N1CCCCCC1. The second-order valence-electron chi connectivity index (χ2n) is 6.69. The number of nitrogens with zero attached hydrogens (tertiary/aromatic N) is 1. The van der Waals surface area contributed by atoms with Crippen molar-refractivity contribution in [3.05, 3.63) is 34.9 Å². The number of nitrogens with two attached hydrogens (primary N) is 1. The molecular weight excluding hydrogens is 370 g/mol. The smallest absolute Gasteiger partial charge is 0.312 e. The number of esters is 1. The fourth-order valence-electron chi connectivity index (χ4n) is 3.13. The lowest BCUT2D eigenvalue weighted by molar-refractivity contribution is -0.159. The highest BCUT2D eigenvalue weighted by Gasteiger charge is 2.26. The normalized spacial score (nSPS) is 16.7. The number of halogens is 1. The van der Waals surface area contributed by atoms with Gasteiger partial charge in [0.1, 0.15) is 0 Å². The van der Waals surface area contributed by atoms with Gasteiger partial charge in [-0.25, -0.2) is 4.79 Å². The van der Waals surface area contributed by atoms with Crippen LogP contribution in [0.3, 0.4) is 0 Å². The summed E-state index contributed by atoms with van der Waals surface area (Å²) in [4.78, 5) is 37.9. The van der Waals surface area contributed by atoms with Crippen LogP contribution in [0, 0.1) is 0 Å². The van der Waals surface area contributed by atoms with Gasteiger partial charge in [-0.05, 0) is 37.5 Å². The van der Waals surface area contributed by atoms with Crippen LogP contribution in [0.15, 0.2) is 24.3 Å². The van der Waals surface area contributed by atoms with Crippen molar-refractivity contribution in [2.45, 2.75) is 51.2 Å². The van der Waals surface area contributed by atoms with E-state index < -0.39 is 24.1 Å². The number of carbonyl (C=O) groups excluding carboxylic acids is 3. The van der Waals surface area contributed by atoms with E-state index in [1.54, 1.807) is 36.1 Å². The zero-order valence-corrected chi connectivity index (χ0v) is 16.2. The number of primary amides is 1. The van der Waals surface area contributed by atoms with Gasteiger partial charge in [-0.2, -0.15) is 0 Å². The molecule has 0 radical (unpaired) electrons. The van der Waals surface area contributed by atoms with Crippen LogP contribution >= 0.6 is 11.6 Å². The maximum atomic E-state index is 12.5. The Morgan fingerprint density at radius 1 is 1.15 bits per heavy atom. The average molecular weight is 396 g/mol. The molecule has 1 aromatic carbocycles. The van der Waals surface area contributed by atoms with Crippen LogP contribution in [-0.4, -0.2) is 42.0 Å². The summed E-state index contributed by atoms with van der Waals surface area (Å²) >= 11 is 5.87. The monoisotopic (exact) mass is 395 g/mol. The molecule has 0 unspecified atom stereocenters. The standard InChI is InChI=1S/C19H26ClN3O4/c1-13(18(25)23-10-4-2-3-5-11-23)27-17(24)12-16(22-19(21)26)14-6-8-15(20)9-7-14/h6-9,13,16H,2-5,10-12H2,1H3,(H3,21,22,26)/t13-,16+/m0/s1. The number of carbonyl (C=O) groups is 3. The highest BCUT2D eigenvalue weighted by atomic mass is 35.5. The number of nitrogens with one attached hydrogen (secondary N) is 1. The van der Waals surface area contributed by atoms with Crippen molar-refractivity contribution < 1.29 is 19.1 Å². The predicted octanol–water partition coefficient (Wildman–Crippen LogP) is 2.77. The fourth-order valence-corrected chi connectivity index (χ4v) is 3.26. The number of likely N-dealkylation sites (tertiary alicyclic amines) is 1. The van der Waals surface area contributed by atoms with Crippen LogP contribution in [0.4, 0.5) is 4.79 Å². The summed E-state index contributed by atoms with van der Waals surface area (Å²) in [6, 6.07) is 5.29. The molecule has 0 saturated carbocycles. The van der Waals surface area contributed by atoms with Gasteiger partial charge in [0.25, 0.3) is 5.91 Å². The van der Waals surface area contributed by atoms with Crippen LogP contribution in [0.1, 0.15) is 50.6 Å². The maximum Gasteiger partial charge on any atom is 0.312 e. The molecule has 1 saturated heterocycles. The third-order valence-corrected chi connectivity index (χ3v) is 4.79. The van der Waals surface area contributed by atoms with Gasteiger partial charge in [0.2, 0.25) is 0 Å². The topological polar surface area (TPSA) is 102 Å². The van der Waals surface area contributed by atoms with Gasteiger partial charge in [0.05, 0.1) is 12.5 Å². The summed E-state index contributed by atoms with van der Waals surface area (Å²) in [5, 5.41) is 3.06. The largest absolute Gasteiger partial charge is 0.452 e. The third kappa shape index (κ3) is 6.75. The summed E-state index contributed by atoms with van der Waals surface area (Å²) in [5.41, 5.74) is 5.88. The molecule has 0 aliphatic carbocycles. The minimum absolute atomic E-state index is 0.137. The van der Waals surface area contributed by atoms with Crippen molar-refractivity contribution in [3.8, 4) is 0 Å². The number of benzene rings is 1. The Labute approximate surface area is 164 Å². The van der Waals surface area contributed by atoms with Crippen molar-refractivity contribution in [2.24, 2.45) is 5.73 Å². The second-order valence-corrected chi connectivity index (χ2v) is 7.12.